The Kier molecular flexibility index (Phi) is 7.19. The molecule has 0 saturated carbocycles. The molecule has 1 aromatic rings. The van der Waals surface area contributed by atoms with Crippen LogP contribution >= 0.6 is 0 Å². The van der Waals surface area contributed by atoms with Gasteiger partial charge in [0.1, 0.15) is 36.6 Å². The Morgan fingerprint density at radius 2 is 1.09 bits per heavy atom. The van der Waals surface area contributed by atoms with Crippen LogP contribution in [-0.2, 0) is 0 Å². The second-order valence-electron chi connectivity index (χ2n) is 4.74. The number of aliphatic hydroxyl groups excluding tert-OH is 8. The van der Waals surface area contributed by atoms with Crippen molar-refractivity contribution in [2.45, 2.75) is 36.6 Å². The minimum Gasteiger partial charge on any atom is -0.394 e. The van der Waals surface area contributed by atoms with Gasteiger partial charge >= 0.3 is 0 Å². The molecule has 0 amide bonds. The van der Waals surface area contributed by atoms with Crippen LogP contribution in [0.25, 0.3) is 0 Å². The van der Waals surface area contributed by atoms with E-state index in [1.807, 2.05) is 0 Å². The minimum atomic E-state index is -1.74. The fraction of sp³-hybridized carbons (Fsp3) is 0.667. The topological polar surface area (TPSA) is 188 Å². The first-order valence-electron chi connectivity index (χ1n) is 6.45. The van der Waals surface area contributed by atoms with Gasteiger partial charge in [0.15, 0.2) is 0 Å². The van der Waals surface area contributed by atoms with E-state index in [0.717, 1.165) is 12.4 Å². The van der Waals surface area contributed by atoms with Gasteiger partial charge in [-0.2, -0.15) is 0 Å². The van der Waals surface area contributed by atoms with Crippen molar-refractivity contribution in [3.8, 4) is 0 Å². The van der Waals surface area contributed by atoms with Gasteiger partial charge in [0, 0.05) is 0 Å². The standard InChI is InChI=1S/C12H20N2O8/c15-3-7(17)11(21)9(19)5-1-13-2-6(14-5)10(20)12(22)8(18)4-16/h1-2,7-12,15-22H,3-4H2/t7-,8-,9-,10-,11-,12-/m0/s1. The summed E-state index contributed by atoms with van der Waals surface area (Å²) in [5, 5.41) is 74.8. The van der Waals surface area contributed by atoms with Crippen molar-refractivity contribution >= 4 is 0 Å². The molecule has 0 aromatic carbocycles. The summed E-state index contributed by atoms with van der Waals surface area (Å²) >= 11 is 0. The van der Waals surface area contributed by atoms with Crippen LogP contribution in [0.3, 0.4) is 0 Å². The van der Waals surface area contributed by atoms with Crippen molar-refractivity contribution in [1.29, 1.82) is 0 Å². The van der Waals surface area contributed by atoms with Crippen LogP contribution in [-0.4, -0.2) is 88.4 Å². The molecule has 10 nitrogen and oxygen atoms in total. The molecule has 6 atom stereocenters. The van der Waals surface area contributed by atoms with Crippen LogP contribution in [0, 0.1) is 0 Å². The summed E-state index contributed by atoms with van der Waals surface area (Å²) in [6.45, 7) is -1.56. The van der Waals surface area contributed by atoms with Crippen LogP contribution in [0.1, 0.15) is 23.6 Å². The fourth-order valence-electron chi connectivity index (χ4n) is 1.67. The molecular formula is C12H20N2O8. The highest BCUT2D eigenvalue weighted by Crippen LogP contribution is 2.21. The van der Waals surface area contributed by atoms with E-state index in [-0.39, 0.29) is 11.4 Å². The Bertz CT molecular complexity index is 425. The average Bonchev–Trinajstić information content (AvgIpc) is 2.57. The molecule has 10 heteroatoms. The van der Waals surface area contributed by atoms with Gasteiger partial charge in [0.25, 0.3) is 0 Å². The molecule has 22 heavy (non-hydrogen) atoms. The summed E-state index contributed by atoms with van der Waals surface area (Å²) in [6, 6.07) is 0. The van der Waals surface area contributed by atoms with Crippen molar-refractivity contribution in [2.24, 2.45) is 0 Å². The van der Waals surface area contributed by atoms with Gasteiger partial charge in [-0.3, -0.25) is 4.98 Å². The first-order chi connectivity index (χ1) is 10.3. The van der Waals surface area contributed by atoms with Gasteiger partial charge in [0.05, 0.1) is 37.0 Å². The molecule has 1 rings (SSSR count). The Morgan fingerprint density at radius 3 is 1.41 bits per heavy atom. The molecule has 0 spiro atoms. The Balaban J connectivity index is 2.94. The maximum Gasteiger partial charge on any atom is 0.126 e. The molecule has 126 valence electrons. The summed E-state index contributed by atoms with van der Waals surface area (Å²) in [7, 11) is 0. The molecule has 1 heterocycles. The average molecular weight is 320 g/mol. The molecule has 1 aromatic heterocycles. The number of rotatable bonds is 8. The van der Waals surface area contributed by atoms with E-state index in [4.69, 9.17) is 10.2 Å². The molecule has 0 radical (unpaired) electrons. The molecule has 0 unspecified atom stereocenters. The lowest BCUT2D eigenvalue weighted by molar-refractivity contribution is -0.0826. The third kappa shape index (κ3) is 4.38. The largest absolute Gasteiger partial charge is 0.394 e. The van der Waals surface area contributed by atoms with Gasteiger partial charge in [0.2, 0.25) is 0 Å². The predicted molar refractivity (Wildman–Crippen MR) is 70.2 cm³/mol. The third-order valence-electron chi connectivity index (χ3n) is 3.09. The number of hydrogen-bond acceptors (Lipinski definition) is 10. The Morgan fingerprint density at radius 1 is 0.727 bits per heavy atom. The van der Waals surface area contributed by atoms with E-state index in [1.165, 1.54) is 0 Å². The molecule has 0 saturated heterocycles. The molecule has 0 aliphatic heterocycles. The second-order valence-corrected chi connectivity index (χ2v) is 4.74. The smallest absolute Gasteiger partial charge is 0.126 e. The number of hydrogen-bond donors (Lipinski definition) is 8. The first-order valence-corrected chi connectivity index (χ1v) is 6.45. The van der Waals surface area contributed by atoms with E-state index in [9.17, 15) is 30.6 Å². The lowest BCUT2D eigenvalue weighted by Crippen LogP contribution is -2.36. The van der Waals surface area contributed by atoms with E-state index in [1.54, 1.807) is 0 Å². The predicted octanol–water partition coefficient (Wildman–Crippen LogP) is -4.03. The first kappa shape index (κ1) is 18.8. The molecule has 0 aliphatic carbocycles. The lowest BCUT2D eigenvalue weighted by atomic mass is 10.0. The zero-order valence-electron chi connectivity index (χ0n) is 11.5. The maximum absolute atomic E-state index is 9.83. The van der Waals surface area contributed by atoms with Crippen molar-refractivity contribution < 1.29 is 40.9 Å². The van der Waals surface area contributed by atoms with Crippen molar-refractivity contribution in [3.63, 3.8) is 0 Å². The fourth-order valence-corrected chi connectivity index (χ4v) is 1.67. The molecule has 0 aliphatic rings. The van der Waals surface area contributed by atoms with E-state index < -0.39 is 49.8 Å². The van der Waals surface area contributed by atoms with Crippen LogP contribution < -0.4 is 0 Å². The second kappa shape index (κ2) is 8.41. The van der Waals surface area contributed by atoms with E-state index >= 15 is 0 Å². The zero-order valence-corrected chi connectivity index (χ0v) is 11.5. The van der Waals surface area contributed by atoms with Gasteiger partial charge in [-0.05, 0) is 0 Å². The summed E-state index contributed by atoms with van der Waals surface area (Å²) in [6.07, 6.45) is -7.95. The molecular weight excluding hydrogens is 300 g/mol. The lowest BCUT2D eigenvalue weighted by Gasteiger charge is -2.23. The highest BCUT2D eigenvalue weighted by atomic mass is 16.4. The van der Waals surface area contributed by atoms with Gasteiger partial charge in [-0.15, -0.1) is 0 Å². The normalized spacial score (nSPS) is 20.0. The van der Waals surface area contributed by atoms with Gasteiger partial charge in [-0.25, -0.2) is 4.98 Å². The highest BCUT2D eigenvalue weighted by Gasteiger charge is 2.30. The van der Waals surface area contributed by atoms with Crippen molar-refractivity contribution in [3.05, 3.63) is 23.8 Å². The van der Waals surface area contributed by atoms with Crippen LogP contribution in [0.4, 0.5) is 0 Å². The Labute approximate surface area is 125 Å². The quantitative estimate of drug-likeness (QED) is 0.234. The van der Waals surface area contributed by atoms with Gasteiger partial charge in [-0.1, -0.05) is 0 Å². The number of aliphatic hydroxyl groups is 8. The van der Waals surface area contributed by atoms with Crippen molar-refractivity contribution in [2.75, 3.05) is 13.2 Å². The molecule has 0 bridgehead atoms. The van der Waals surface area contributed by atoms with Crippen LogP contribution in [0.5, 0.6) is 0 Å². The number of nitrogens with zero attached hydrogens (tertiary/aromatic N) is 2. The SMILES string of the molecule is OC[C@H](O)[C@H](O)[C@@H](O)c1cncc([C@H](O)[C@@H](O)[C@@H](O)CO)n1. The molecule has 8 N–H and O–H groups in total. The summed E-state index contributed by atoms with van der Waals surface area (Å²) in [5.41, 5.74) is -0.440. The summed E-state index contributed by atoms with van der Waals surface area (Å²) in [4.78, 5) is 7.45. The Hall–Kier alpha value is -1.24. The summed E-state index contributed by atoms with van der Waals surface area (Å²) < 4.78 is 0. The third-order valence-corrected chi connectivity index (χ3v) is 3.09. The minimum absolute atomic E-state index is 0.220. The monoisotopic (exact) mass is 320 g/mol. The molecule has 0 fully saturated rings. The summed E-state index contributed by atoms with van der Waals surface area (Å²) in [5.74, 6) is 0. The maximum atomic E-state index is 9.83. The van der Waals surface area contributed by atoms with Crippen molar-refractivity contribution in [1.82, 2.24) is 9.97 Å². The number of aromatic nitrogens is 2. The van der Waals surface area contributed by atoms with Crippen LogP contribution in [0.2, 0.25) is 0 Å². The van der Waals surface area contributed by atoms with Gasteiger partial charge < -0.3 is 40.9 Å². The van der Waals surface area contributed by atoms with Crippen LogP contribution in [0.15, 0.2) is 12.4 Å². The van der Waals surface area contributed by atoms with E-state index in [2.05, 4.69) is 9.97 Å². The highest BCUT2D eigenvalue weighted by molar-refractivity contribution is 5.11. The zero-order chi connectivity index (χ0) is 16.9. The van der Waals surface area contributed by atoms with E-state index in [0.29, 0.717) is 0 Å².